The average molecular weight is 334 g/mol. The third-order valence-corrected chi connectivity index (χ3v) is 4.46. The predicted octanol–water partition coefficient (Wildman–Crippen LogP) is 2.69. The van der Waals surface area contributed by atoms with Crippen LogP contribution in [0.1, 0.15) is 34.7 Å². The summed E-state index contributed by atoms with van der Waals surface area (Å²) >= 11 is 0. The van der Waals surface area contributed by atoms with Gasteiger partial charge in [-0.05, 0) is 50.1 Å². The zero-order valence-corrected chi connectivity index (χ0v) is 14.0. The fraction of sp³-hybridized carbons (Fsp3) is 0.263. The molecule has 4 rings (SSSR count). The molecule has 0 aliphatic carbocycles. The van der Waals surface area contributed by atoms with Gasteiger partial charge in [-0.1, -0.05) is 6.07 Å². The number of nitrogens with zero attached hydrogens (tertiary/aromatic N) is 3. The van der Waals surface area contributed by atoms with Crippen LogP contribution in [0, 0.1) is 6.92 Å². The monoisotopic (exact) mass is 334 g/mol. The average Bonchev–Trinajstić information content (AvgIpc) is 2.61. The standard InChI is InChI=1S/C19H18N4O2/c1-12-5-4-6-16(20-12)22-18(24)13-8-9-14-15(11-13)21-17-7-2-3-10-23(17)19(14)25/h4-6,8-9,11H,2-3,7,10H2,1H3,(H,20,22,24). The molecule has 1 aliphatic rings. The van der Waals surface area contributed by atoms with E-state index in [1.807, 2.05) is 19.1 Å². The van der Waals surface area contributed by atoms with E-state index in [0.717, 1.165) is 37.3 Å². The fourth-order valence-corrected chi connectivity index (χ4v) is 3.18. The van der Waals surface area contributed by atoms with Gasteiger partial charge in [-0.25, -0.2) is 9.97 Å². The van der Waals surface area contributed by atoms with Crippen molar-refractivity contribution in [3.8, 4) is 0 Å². The van der Waals surface area contributed by atoms with Gasteiger partial charge in [0.05, 0.1) is 10.9 Å². The number of aromatic nitrogens is 3. The first-order valence-corrected chi connectivity index (χ1v) is 8.40. The number of aryl methyl sites for hydroxylation is 2. The molecule has 126 valence electrons. The molecule has 3 aromatic rings. The van der Waals surface area contributed by atoms with Gasteiger partial charge in [0.25, 0.3) is 11.5 Å². The van der Waals surface area contributed by atoms with Crippen LogP contribution in [0.3, 0.4) is 0 Å². The van der Waals surface area contributed by atoms with E-state index in [0.29, 0.717) is 22.3 Å². The zero-order chi connectivity index (χ0) is 17.4. The number of hydrogen-bond donors (Lipinski definition) is 1. The van der Waals surface area contributed by atoms with Gasteiger partial charge in [-0.2, -0.15) is 0 Å². The van der Waals surface area contributed by atoms with E-state index in [1.54, 1.807) is 28.8 Å². The maximum absolute atomic E-state index is 12.6. The van der Waals surface area contributed by atoms with Crippen molar-refractivity contribution < 1.29 is 4.79 Å². The van der Waals surface area contributed by atoms with E-state index in [1.165, 1.54) is 0 Å². The lowest BCUT2D eigenvalue weighted by atomic mass is 10.1. The molecule has 1 amide bonds. The van der Waals surface area contributed by atoms with Crippen molar-refractivity contribution in [2.45, 2.75) is 32.7 Å². The number of anilines is 1. The molecule has 0 unspecified atom stereocenters. The molecule has 0 atom stereocenters. The maximum atomic E-state index is 12.6. The number of rotatable bonds is 2. The molecule has 6 heteroatoms. The van der Waals surface area contributed by atoms with Crippen molar-refractivity contribution in [2.24, 2.45) is 0 Å². The van der Waals surface area contributed by atoms with Gasteiger partial charge in [0.1, 0.15) is 11.6 Å². The Hall–Kier alpha value is -3.02. The molecule has 3 heterocycles. The van der Waals surface area contributed by atoms with Crippen LogP contribution in [0.25, 0.3) is 10.9 Å². The highest BCUT2D eigenvalue weighted by Gasteiger charge is 2.16. The van der Waals surface area contributed by atoms with E-state index in [-0.39, 0.29) is 11.5 Å². The first kappa shape index (κ1) is 15.5. The summed E-state index contributed by atoms with van der Waals surface area (Å²) in [5, 5.41) is 3.33. The van der Waals surface area contributed by atoms with Crippen LogP contribution < -0.4 is 10.9 Å². The summed E-state index contributed by atoms with van der Waals surface area (Å²) < 4.78 is 1.75. The molecular formula is C19H18N4O2. The summed E-state index contributed by atoms with van der Waals surface area (Å²) in [6.07, 6.45) is 2.84. The summed E-state index contributed by atoms with van der Waals surface area (Å²) in [7, 11) is 0. The Bertz CT molecular complexity index is 1040. The summed E-state index contributed by atoms with van der Waals surface area (Å²) in [6.45, 7) is 2.59. The molecule has 0 spiro atoms. The number of fused-ring (bicyclic) bond motifs is 2. The summed E-state index contributed by atoms with van der Waals surface area (Å²) in [5.41, 5.74) is 1.84. The van der Waals surface area contributed by atoms with E-state index in [4.69, 9.17) is 0 Å². The first-order valence-electron chi connectivity index (χ1n) is 8.40. The van der Waals surface area contributed by atoms with Crippen molar-refractivity contribution >= 4 is 22.6 Å². The molecule has 0 saturated carbocycles. The third-order valence-electron chi connectivity index (χ3n) is 4.46. The van der Waals surface area contributed by atoms with Crippen LogP contribution in [-0.2, 0) is 13.0 Å². The van der Waals surface area contributed by atoms with Crippen molar-refractivity contribution in [1.29, 1.82) is 0 Å². The smallest absolute Gasteiger partial charge is 0.261 e. The number of pyridine rings is 1. The van der Waals surface area contributed by atoms with Gasteiger partial charge in [0.15, 0.2) is 0 Å². The highest BCUT2D eigenvalue weighted by atomic mass is 16.1. The van der Waals surface area contributed by atoms with Gasteiger partial charge in [0, 0.05) is 24.2 Å². The number of carbonyl (C=O) groups is 1. The van der Waals surface area contributed by atoms with Crippen LogP contribution in [0.15, 0.2) is 41.2 Å². The highest BCUT2D eigenvalue weighted by Crippen LogP contribution is 2.17. The van der Waals surface area contributed by atoms with E-state index in [2.05, 4.69) is 15.3 Å². The van der Waals surface area contributed by atoms with Crippen LogP contribution in [-0.4, -0.2) is 20.4 Å². The second-order valence-electron chi connectivity index (χ2n) is 6.29. The molecule has 6 nitrogen and oxygen atoms in total. The number of amides is 1. The minimum absolute atomic E-state index is 0.0213. The molecule has 25 heavy (non-hydrogen) atoms. The Kier molecular flexibility index (Phi) is 3.80. The third kappa shape index (κ3) is 2.91. The maximum Gasteiger partial charge on any atom is 0.261 e. The molecule has 0 fully saturated rings. The Morgan fingerprint density at radius 1 is 1.16 bits per heavy atom. The van der Waals surface area contributed by atoms with Gasteiger partial charge < -0.3 is 5.32 Å². The lowest BCUT2D eigenvalue weighted by Crippen LogP contribution is -2.28. The Labute approximate surface area is 144 Å². The lowest BCUT2D eigenvalue weighted by Gasteiger charge is -2.17. The molecule has 1 aliphatic heterocycles. The van der Waals surface area contributed by atoms with E-state index >= 15 is 0 Å². The predicted molar refractivity (Wildman–Crippen MR) is 95.9 cm³/mol. The lowest BCUT2D eigenvalue weighted by molar-refractivity contribution is 0.102. The van der Waals surface area contributed by atoms with Crippen LogP contribution in [0.2, 0.25) is 0 Å². The topological polar surface area (TPSA) is 76.9 Å². The van der Waals surface area contributed by atoms with Crippen molar-refractivity contribution in [2.75, 3.05) is 5.32 Å². The normalized spacial score (nSPS) is 13.5. The Balaban J connectivity index is 1.71. The quantitative estimate of drug-likeness (QED) is 0.782. The second kappa shape index (κ2) is 6.12. The summed E-state index contributed by atoms with van der Waals surface area (Å²) in [4.78, 5) is 34.0. The number of hydrogen-bond acceptors (Lipinski definition) is 4. The molecule has 2 aromatic heterocycles. The molecule has 0 saturated heterocycles. The summed E-state index contributed by atoms with van der Waals surface area (Å²) in [5.74, 6) is 1.05. The zero-order valence-electron chi connectivity index (χ0n) is 14.0. The molecular weight excluding hydrogens is 316 g/mol. The minimum Gasteiger partial charge on any atom is -0.307 e. The van der Waals surface area contributed by atoms with Gasteiger partial charge in [0.2, 0.25) is 0 Å². The Morgan fingerprint density at radius 2 is 2.04 bits per heavy atom. The number of nitrogens with one attached hydrogen (secondary N) is 1. The van der Waals surface area contributed by atoms with E-state index in [9.17, 15) is 9.59 Å². The van der Waals surface area contributed by atoms with Crippen LogP contribution >= 0.6 is 0 Å². The van der Waals surface area contributed by atoms with Gasteiger partial charge in [-0.3, -0.25) is 14.2 Å². The Morgan fingerprint density at radius 3 is 2.88 bits per heavy atom. The number of benzene rings is 1. The molecule has 0 radical (unpaired) electrons. The van der Waals surface area contributed by atoms with Gasteiger partial charge in [-0.15, -0.1) is 0 Å². The fourth-order valence-electron chi connectivity index (χ4n) is 3.18. The minimum atomic E-state index is -0.264. The number of carbonyl (C=O) groups excluding carboxylic acids is 1. The van der Waals surface area contributed by atoms with Crippen molar-refractivity contribution in [3.63, 3.8) is 0 Å². The SMILES string of the molecule is Cc1cccc(NC(=O)c2ccc3c(=O)n4c(nc3c2)CCCC4)n1. The first-order chi connectivity index (χ1) is 12.1. The molecule has 1 aromatic carbocycles. The van der Waals surface area contributed by atoms with Crippen LogP contribution in [0.5, 0.6) is 0 Å². The highest BCUT2D eigenvalue weighted by molar-refractivity contribution is 6.05. The molecule has 0 bridgehead atoms. The second-order valence-corrected chi connectivity index (χ2v) is 6.29. The summed E-state index contributed by atoms with van der Waals surface area (Å²) in [6, 6.07) is 10.5. The molecule has 1 N–H and O–H groups in total. The van der Waals surface area contributed by atoms with Crippen LogP contribution in [0.4, 0.5) is 5.82 Å². The van der Waals surface area contributed by atoms with Crippen molar-refractivity contribution in [3.05, 3.63) is 63.8 Å². The van der Waals surface area contributed by atoms with Gasteiger partial charge >= 0.3 is 0 Å². The van der Waals surface area contributed by atoms with Crippen molar-refractivity contribution in [1.82, 2.24) is 14.5 Å². The largest absolute Gasteiger partial charge is 0.307 e. The van der Waals surface area contributed by atoms with E-state index < -0.39 is 0 Å².